The van der Waals surface area contributed by atoms with Gasteiger partial charge in [-0.25, -0.2) is 4.98 Å². The van der Waals surface area contributed by atoms with Gasteiger partial charge in [-0.05, 0) is 36.8 Å². The van der Waals surface area contributed by atoms with Crippen molar-refractivity contribution in [2.75, 3.05) is 56.7 Å². The average molecular weight is 389 g/mol. The topological polar surface area (TPSA) is 57.7 Å². The largest absolute Gasteiger partial charge is 0.385 e. The van der Waals surface area contributed by atoms with Crippen LogP contribution in [0.1, 0.15) is 16.8 Å². The molecule has 144 valence electrons. The summed E-state index contributed by atoms with van der Waals surface area (Å²) in [5.74, 6) is 0.799. The van der Waals surface area contributed by atoms with Gasteiger partial charge in [0.15, 0.2) is 0 Å². The molecule has 1 saturated heterocycles. The van der Waals surface area contributed by atoms with E-state index in [0.717, 1.165) is 42.6 Å². The van der Waals surface area contributed by atoms with Crippen molar-refractivity contribution in [1.29, 1.82) is 0 Å². The van der Waals surface area contributed by atoms with Crippen LogP contribution in [0.2, 0.25) is 5.02 Å². The van der Waals surface area contributed by atoms with E-state index in [1.165, 1.54) is 0 Å². The summed E-state index contributed by atoms with van der Waals surface area (Å²) >= 11 is 6.07. The highest BCUT2D eigenvalue weighted by Gasteiger charge is 2.22. The molecule has 27 heavy (non-hydrogen) atoms. The summed E-state index contributed by atoms with van der Waals surface area (Å²) in [5.41, 5.74) is 1.72. The number of pyridine rings is 1. The molecule has 1 aromatic carbocycles. The van der Waals surface area contributed by atoms with Crippen LogP contribution in [-0.4, -0.2) is 62.2 Å². The Morgan fingerprint density at radius 1 is 1.22 bits per heavy atom. The first-order valence-electron chi connectivity index (χ1n) is 9.16. The second-order valence-electron chi connectivity index (χ2n) is 6.46. The monoisotopic (exact) mass is 388 g/mol. The van der Waals surface area contributed by atoms with Crippen LogP contribution in [0.25, 0.3) is 0 Å². The quantitative estimate of drug-likeness (QED) is 0.738. The summed E-state index contributed by atoms with van der Waals surface area (Å²) in [6.07, 6.45) is 2.56. The summed E-state index contributed by atoms with van der Waals surface area (Å²) in [7, 11) is 1.69. The number of rotatable bonds is 7. The van der Waals surface area contributed by atoms with Crippen molar-refractivity contribution < 1.29 is 9.53 Å². The molecule has 6 nitrogen and oxygen atoms in total. The maximum Gasteiger partial charge on any atom is 0.255 e. The Labute approximate surface area is 165 Å². The molecule has 2 heterocycles. The van der Waals surface area contributed by atoms with Gasteiger partial charge in [0.2, 0.25) is 0 Å². The highest BCUT2D eigenvalue weighted by molar-refractivity contribution is 6.30. The van der Waals surface area contributed by atoms with Crippen LogP contribution in [0, 0.1) is 0 Å². The van der Waals surface area contributed by atoms with Gasteiger partial charge in [0.05, 0.1) is 5.56 Å². The summed E-state index contributed by atoms with van der Waals surface area (Å²) in [6, 6.07) is 11.5. The van der Waals surface area contributed by atoms with Gasteiger partial charge in [-0.15, -0.1) is 0 Å². The molecule has 1 amide bonds. The third-order valence-electron chi connectivity index (χ3n) is 4.58. The molecule has 0 aliphatic carbocycles. The molecule has 1 aliphatic rings. The number of benzene rings is 1. The number of amides is 1. The summed E-state index contributed by atoms with van der Waals surface area (Å²) in [5, 5.41) is 3.95. The number of carbonyl (C=O) groups is 1. The number of carbonyl (C=O) groups excluding carboxylic acids is 1. The van der Waals surface area contributed by atoms with Gasteiger partial charge in [-0.2, -0.15) is 0 Å². The molecule has 0 saturated carbocycles. The Morgan fingerprint density at radius 3 is 2.70 bits per heavy atom. The molecular formula is C20H25ClN4O2. The van der Waals surface area contributed by atoms with Gasteiger partial charge in [-0.3, -0.25) is 4.79 Å². The van der Waals surface area contributed by atoms with Gasteiger partial charge in [-0.1, -0.05) is 17.7 Å². The highest BCUT2D eigenvalue weighted by Crippen LogP contribution is 2.21. The Bertz CT molecular complexity index is 746. The molecule has 0 radical (unpaired) electrons. The molecule has 1 fully saturated rings. The molecular weight excluding hydrogens is 364 g/mol. The predicted octanol–water partition coefficient (Wildman–Crippen LogP) is 3.15. The molecule has 0 unspecified atom stereocenters. The van der Waals surface area contributed by atoms with Crippen LogP contribution in [0.4, 0.5) is 11.5 Å². The van der Waals surface area contributed by atoms with Crippen LogP contribution >= 0.6 is 11.6 Å². The van der Waals surface area contributed by atoms with E-state index >= 15 is 0 Å². The van der Waals surface area contributed by atoms with Crippen molar-refractivity contribution in [2.24, 2.45) is 0 Å². The van der Waals surface area contributed by atoms with Gasteiger partial charge in [0, 0.05) is 63.3 Å². The molecule has 0 bridgehead atoms. The fourth-order valence-corrected chi connectivity index (χ4v) is 3.27. The Hall–Kier alpha value is -2.31. The van der Waals surface area contributed by atoms with Crippen molar-refractivity contribution in [3.05, 3.63) is 53.2 Å². The average Bonchev–Trinajstić information content (AvgIpc) is 2.71. The number of methoxy groups -OCH3 is 1. The standard InChI is InChI=1S/C20H25ClN4O2/c1-27-13-3-8-22-19-7-6-16(15-23-19)20(26)25-11-9-24(10-12-25)18-5-2-4-17(21)14-18/h2,4-7,14-15H,3,8-13H2,1H3,(H,22,23). The van der Waals surface area contributed by atoms with Gasteiger partial charge in [0.1, 0.15) is 5.82 Å². The van der Waals surface area contributed by atoms with Crippen molar-refractivity contribution in [1.82, 2.24) is 9.88 Å². The first-order chi connectivity index (χ1) is 13.2. The summed E-state index contributed by atoms with van der Waals surface area (Å²) in [4.78, 5) is 21.2. The molecule has 0 atom stereocenters. The lowest BCUT2D eigenvalue weighted by atomic mass is 10.2. The van der Waals surface area contributed by atoms with Gasteiger partial charge in [0.25, 0.3) is 5.91 Å². The van der Waals surface area contributed by atoms with E-state index in [2.05, 4.69) is 15.2 Å². The number of halogens is 1. The first kappa shape index (κ1) is 19.5. The number of hydrogen-bond acceptors (Lipinski definition) is 5. The van der Waals surface area contributed by atoms with E-state index in [4.69, 9.17) is 16.3 Å². The Balaban J connectivity index is 1.51. The van der Waals surface area contributed by atoms with Crippen LogP contribution in [0.3, 0.4) is 0 Å². The normalized spacial score (nSPS) is 14.3. The Kier molecular flexibility index (Phi) is 6.90. The number of piperazine rings is 1. The van der Waals surface area contributed by atoms with Crippen LogP contribution in [0.15, 0.2) is 42.6 Å². The van der Waals surface area contributed by atoms with E-state index in [0.29, 0.717) is 25.3 Å². The minimum absolute atomic E-state index is 0.0270. The van der Waals surface area contributed by atoms with E-state index in [9.17, 15) is 4.79 Å². The zero-order chi connectivity index (χ0) is 19.1. The third kappa shape index (κ3) is 5.34. The van der Waals surface area contributed by atoms with Gasteiger partial charge < -0.3 is 19.9 Å². The van der Waals surface area contributed by atoms with Crippen LogP contribution in [0.5, 0.6) is 0 Å². The number of hydrogen-bond donors (Lipinski definition) is 1. The van der Waals surface area contributed by atoms with E-state index < -0.39 is 0 Å². The molecule has 2 aromatic rings. The smallest absolute Gasteiger partial charge is 0.255 e. The summed E-state index contributed by atoms with van der Waals surface area (Å²) in [6.45, 7) is 4.45. The molecule has 7 heteroatoms. The maximum absolute atomic E-state index is 12.7. The molecule has 0 spiro atoms. The lowest BCUT2D eigenvalue weighted by Crippen LogP contribution is -2.48. The SMILES string of the molecule is COCCCNc1ccc(C(=O)N2CCN(c3cccc(Cl)c3)CC2)cn1. The second-order valence-corrected chi connectivity index (χ2v) is 6.90. The first-order valence-corrected chi connectivity index (χ1v) is 9.54. The molecule has 1 aromatic heterocycles. The number of aromatic nitrogens is 1. The second kappa shape index (κ2) is 9.58. The van der Waals surface area contributed by atoms with Crippen molar-refractivity contribution in [2.45, 2.75) is 6.42 Å². The molecule has 1 aliphatic heterocycles. The van der Waals surface area contributed by atoms with E-state index in [1.807, 2.05) is 41.3 Å². The minimum atomic E-state index is 0.0270. The zero-order valence-corrected chi connectivity index (χ0v) is 16.3. The fourth-order valence-electron chi connectivity index (χ4n) is 3.08. The van der Waals surface area contributed by atoms with Crippen LogP contribution < -0.4 is 10.2 Å². The molecule has 3 rings (SSSR count). The van der Waals surface area contributed by atoms with E-state index in [-0.39, 0.29) is 5.91 Å². The fraction of sp³-hybridized carbons (Fsp3) is 0.400. The number of nitrogens with one attached hydrogen (secondary N) is 1. The van der Waals surface area contributed by atoms with Crippen molar-refractivity contribution >= 4 is 29.0 Å². The maximum atomic E-state index is 12.7. The van der Waals surface area contributed by atoms with Gasteiger partial charge >= 0.3 is 0 Å². The van der Waals surface area contributed by atoms with E-state index in [1.54, 1.807) is 13.3 Å². The minimum Gasteiger partial charge on any atom is -0.385 e. The predicted molar refractivity (Wildman–Crippen MR) is 109 cm³/mol. The van der Waals surface area contributed by atoms with Crippen LogP contribution in [-0.2, 0) is 4.74 Å². The van der Waals surface area contributed by atoms with Crippen molar-refractivity contribution in [3.8, 4) is 0 Å². The van der Waals surface area contributed by atoms with Crippen molar-refractivity contribution in [3.63, 3.8) is 0 Å². The lowest BCUT2D eigenvalue weighted by Gasteiger charge is -2.36. The molecule has 1 N–H and O–H groups in total. The lowest BCUT2D eigenvalue weighted by molar-refractivity contribution is 0.0746. The summed E-state index contributed by atoms with van der Waals surface area (Å²) < 4.78 is 5.02. The third-order valence-corrected chi connectivity index (χ3v) is 4.82. The number of ether oxygens (including phenoxy) is 1. The highest BCUT2D eigenvalue weighted by atomic mass is 35.5. The Morgan fingerprint density at radius 2 is 2.04 bits per heavy atom. The number of anilines is 2. The number of nitrogens with zero attached hydrogens (tertiary/aromatic N) is 3. The zero-order valence-electron chi connectivity index (χ0n) is 15.5.